The SMILES string of the molecule is Nc1nonc1-c1nc2ccccc2n1CC(=O)NN=Cc1ccc(-c2ccc(Cl)cc2)o1. The van der Waals surface area contributed by atoms with Gasteiger partial charge in [-0.3, -0.25) is 4.79 Å². The van der Waals surface area contributed by atoms with Gasteiger partial charge in [0.2, 0.25) is 0 Å². The van der Waals surface area contributed by atoms with Gasteiger partial charge in [-0.15, -0.1) is 0 Å². The highest BCUT2D eigenvalue weighted by atomic mass is 35.5. The molecule has 10 nitrogen and oxygen atoms in total. The van der Waals surface area contributed by atoms with E-state index < -0.39 is 0 Å². The van der Waals surface area contributed by atoms with Gasteiger partial charge in [0.1, 0.15) is 18.1 Å². The van der Waals surface area contributed by atoms with Crippen LogP contribution in [-0.4, -0.2) is 32.0 Å². The molecule has 0 aliphatic carbocycles. The van der Waals surface area contributed by atoms with Crippen molar-refractivity contribution in [2.75, 3.05) is 5.73 Å². The number of hydrogen-bond acceptors (Lipinski definition) is 8. The Morgan fingerprint density at radius 2 is 1.94 bits per heavy atom. The Labute approximate surface area is 191 Å². The fourth-order valence-corrected chi connectivity index (χ4v) is 3.43. The van der Waals surface area contributed by atoms with Gasteiger partial charge in [0.05, 0.1) is 17.2 Å². The first-order chi connectivity index (χ1) is 16.1. The molecular formula is C22H16ClN7O3. The number of nitrogens with zero attached hydrogens (tertiary/aromatic N) is 5. The predicted octanol–water partition coefficient (Wildman–Crippen LogP) is 3.73. The number of carbonyl (C=O) groups is 1. The molecule has 0 bridgehead atoms. The Morgan fingerprint density at radius 3 is 2.73 bits per heavy atom. The van der Waals surface area contributed by atoms with Crippen molar-refractivity contribution in [3.63, 3.8) is 0 Å². The molecule has 0 spiro atoms. The van der Waals surface area contributed by atoms with E-state index in [0.717, 1.165) is 11.1 Å². The number of carbonyl (C=O) groups excluding carboxylic acids is 1. The Morgan fingerprint density at radius 1 is 1.12 bits per heavy atom. The van der Waals surface area contributed by atoms with Crippen molar-refractivity contribution in [1.29, 1.82) is 0 Å². The number of furan rings is 1. The second-order valence-corrected chi connectivity index (χ2v) is 7.45. The summed E-state index contributed by atoms with van der Waals surface area (Å²) in [7, 11) is 0. The van der Waals surface area contributed by atoms with E-state index in [0.29, 0.717) is 27.9 Å². The molecule has 0 unspecified atom stereocenters. The maximum atomic E-state index is 12.6. The Balaban J connectivity index is 1.32. The molecule has 3 heterocycles. The number of anilines is 1. The number of aromatic nitrogens is 4. The summed E-state index contributed by atoms with van der Waals surface area (Å²) in [5.41, 5.74) is 10.9. The molecule has 0 radical (unpaired) electrons. The monoisotopic (exact) mass is 461 g/mol. The molecule has 1 amide bonds. The molecule has 0 atom stereocenters. The van der Waals surface area contributed by atoms with Gasteiger partial charge in [0.15, 0.2) is 17.3 Å². The van der Waals surface area contributed by atoms with Crippen LogP contribution in [0.2, 0.25) is 5.02 Å². The van der Waals surface area contributed by atoms with Gasteiger partial charge in [0, 0.05) is 10.6 Å². The maximum absolute atomic E-state index is 12.6. The highest BCUT2D eigenvalue weighted by Gasteiger charge is 2.20. The smallest absolute Gasteiger partial charge is 0.260 e. The number of fused-ring (bicyclic) bond motifs is 1. The van der Waals surface area contributed by atoms with Gasteiger partial charge in [-0.2, -0.15) is 5.10 Å². The Hall–Kier alpha value is -4.44. The number of nitrogens with two attached hydrogens (primary N) is 1. The van der Waals surface area contributed by atoms with Crippen molar-refractivity contribution >= 4 is 40.6 Å². The molecule has 5 aromatic rings. The van der Waals surface area contributed by atoms with Crippen LogP contribution in [0.5, 0.6) is 0 Å². The van der Waals surface area contributed by atoms with Gasteiger partial charge in [-0.05, 0) is 58.8 Å². The lowest BCUT2D eigenvalue weighted by Crippen LogP contribution is -2.23. The second kappa shape index (κ2) is 8.60. The van der Waals surface area contributed by atoms with Gasteiger partial charge < -0.3 is 14.7 Å². The van der Waals surface area contributed by atoms with Crippen LogP contribution in [-0.2, 0) is 11.3 Å². The molecule has 0 fully saturated rings. The summed E-state index contributed by atoms with van der Waals surface area (Å²) in [5.74, 6) is 1.21. The number of imidazole rings is 1. The summed E-state index contributed by atoms with van der Waals surface area (Å²) >= 11 is 5.92. The van der Waals surface area contributed by atoms with E-state index in [2.05, 4.69) is 30.5 Å². The van der Waals surface area contributed by atoms with Crippen molar-refractivity contribution in [2.45, 2.75) is 6.54 Å². The largest absolute Gasteiger partial charge is 0.455 e. The zero-order valence-electron chi connectivity index (χ0n) is 17.0. The lowest BCUT2D eigenvalue weighted by atomic mass is 10.2. The van der Waals surface area contributed by atoms with E-state index in [9.17, 15) is 4.79 Å². The van der Waals surface area contributed by atoms with Gasteiger partial charge >= 0.3 is 0 Å². The van der Waals surface area contributed by atoms with E-state index >= 15 is 0 Å². The molecule has 0 aliphatic rings. The van der Waals surface area contributed by atoms with Gasteiger partial charge in [-0.25, -0.2) is 15.0 Å². The summed E-state index contributed by atoms with van der Waals surface area (Å²) in [6, 6.07) is 18.2. The number of amides is 1. The number of benzene rings is 2. The summed E-state index contributed by atoms with van der Waals surface area (Å²) in [4.78, 5) is 17.1. The lowest BCUT2D eigenvalue weighted by molar-refractivity contribution is -0.121. The van der Waals surface area contributed by atoms with E-state index in [1.807, 2.05) is 42.5 Å². The first-order valence-electron chi connectivity index (χ1n) is 9.80. The van der Waals surface area contributed by atoms with Crippen LogP contribution in [0.1, 0.15) is 5.76 Å². The minimum Gasteiger partial charge on any atom is -0.455 e. The molecule has 0 saturated heterocycles. The standard InChI is InChI=1S/C22H16ClN7O3/c23-14-7-5-13(6-8-14)18-10-9-15(32-18)11-25-27-19(31)12-30-17-4-2-1-3-16(17)26-22(30)20-21(24)29-33-28-20/h1-11H,12H2,(H2,24,29)(H,27,31). The highest BCUT2D eigenvalue weighted by molar-refractivity contribution is 6.30. The van der Waals surface area contributed by atoms with Gasteiger partial charge in [0.25, 0.3) is 5.91 Å². The van der Waals surface area contributed by atoms with Crippen molar-refractivity contribution in [2.24, 2.45) is 5.10 Å². The van der Waals surface area contributed by atoms with Crippen LogP contribution < -0.4 is 11.2 Å². The summed E-state index contributed by atoms with van der Waals surface area (Å²) in [6.07, 6.45) is 1.42. The highest BCUT2D eigenvalue weighted by Crippen LogP contribution is 2.26. The van der Waals surface area contributed by atoms with E-state index in [4.69, 9.17) is 21.8 Å². The molecule has 164 valence electrons. The summed E-state index contributed by atoms with van der Waals surface area (Å²) in [6.45, 7) is -0.0757. The number of rotatable bonds is 6. The third-order valence-corrected chi connectivity index (χ3v) is 5.07. The van der Waals surface area contributed by atoms with E-state index in [-0.39, 0.29) is 24.0 Å². The van der Waals surface area contributed by atoms with Crippen LogP contribution in [0, 0.1) is 0 Å². The van der Waals surface area contributed by atoms with Crippen LogP contribution in [0.3, 0.4) is 0 Å². The molecule has 11 heteroatoms. The van der Waals surface area contributed by atoms with Crippen molar-refractivity contribution in [3.05, 3.63) is 71.4 Å². The minimum atomic E-state index is -0.379. The van der Waals surface area contributed by atoms with Crippen molar-refractivity contribution in [1.82, 2.24) is 25.3 Å². The average molecular weight is 462 g/mol. The lowest BCUT2D eigenvalue weighted by Gasteiger charge is -2.06. The number of nitrogen functional groups attached to an aromatic ring is 1. The number of hydrogen-bond donors (Lipinski definition) is 2. The molecule has 33 heavy (non-hydrogen) atoms. The van der Waals surface area contributed by atoms with Crippen molar-refractivity contribution in [3.8, 4) is 22.8 Å². The van der Waals surface area contributed by atoms with Crippen LogP contribution >= 0.6 is 11.6 Å². The van der Waals surface area contributed by atoms with E-state index in [1.54, 1.807) is 22.8 Å². The molecule has 3 aromatic heterocycles. The topological polar surface area (TPSA) is 137 Å². The molecule has 5 rings (SSSR count). The zero-order valence-corrected chi connectivity index (χ0v) is 17.7. The van der Waals surface area contributed by atoms with Crippen molar-refractivity contribution < 1.29 is 13.8 Å². The molecule has 0 saturated carbocycles. The fourth-order valence-electron chi connectivity index (χ4n) is 3.31. The summed E-state index contributed by atoms with van der Waals surface area (Å²) < 4.78 is 12.1. The molecule has 3 N–H and O–H groups in total. The maximum Gasteiger partial charge on any atom is 0.260 e. The van der Waals surface area contributed by atoms with Crippen LogP contribution in [0.25, 0.3) is 33.9 Å². The third kappa shape index (κ3) is 4.19. The quantitative estimate of drug-likeness (QED) is 0.290. The van der Waals surface area contributed by atoms with Crippen LogP contribution in [0.15, 0.2) is 74.8 Å². The number of halogens is 1. The Kier molecular flexibility index (Phi) is 5.33. The number of nitrogens with one attached hydrogen (secondary N) is 1. The fraction of sp³-hybridized carbons (Fsp3) is 0.0455. The molecule has 0 aliphatic heterocycles. The second-order valence-electron chi connectivity index (χ2n) is 7.01. The van der Waals surface area contributed by atoms with Crippen LogP contribution in [0.4, 0.5) is 5.82 Å². The normalized spacial score (nSPS) is 11.4. The Bertz CT molecular complexity index is 1470. The summed E-state index contributed by atoms with van der Waals surface area (Å²) in [5, 5.41) is 12.0. The molecular weight excluding hydrogens is 446 g/mol. The number of hydrazone groups is 1. The third-order valence-electron chi connectivity index (χ3n) is 4.82. The van der Waals surface area contributed by atoms with E-state index in [1.165, 1.54) is 6.21 Å². The van der Waals surface area contributed by atoms with Gasteiger partial charge in [-0.1, -0.05) is 23.7 Å². The predicted molar refractivity (Wildman–Crippen MR) is 122 cm³/mol. The first-order valence-corrected chi connectivity index (χ1v) is 10.2. The zero-order chi connectivity index (χ0) is 22.8. The first kappa shape index (κ1) is 20.5. The number of para-hydroxylation sites is 2. The minimum absolute atomic E-state index is 0.0757. The molecule has 2 aromatic carbocycles. The average Bonchev–Trinajstić information content (AvgIpc) is 3.54.